The average Bonchev–Trinajstić information content (AvgIpc) is 2.60. The quantitative estimate of drug-likeness (QED) is 0.797. The van der Waals surface area contributed by atoms with E-state index in [2.05, 4.69) is 17.2 Å². The van der Waals surface area contributed by atoms with Crippen molar-refractivity contribution < 1.29 is 14.3 Å². The van der Waals surface area contributed by atoms with E-state index in [1.54, 1.807) is 18.2 Å². The molecule has 1 aliphatic heterocycles. The Hall–Kier alpha value is -2.01. The van der Waals surface area contributed by atoms with Gasteiger partial charge in [0.2, 0.25) is 0 Å². The van der Waals surface area contributed by atoms with Crippen molar-refractivity contribution in [2.24, 2.45) is 11.8 Å². The Kier molecular flexibility index (Phi) is 5.63. The zero-order chi connectivity index (χ0) is 17.8. The molecule has 0 radical (unpaired) electrons. The molecule has 3 rings (SSSR count). The fourth-order valence-corrected chi connectivity index (χ4v) is 3.78. The summed E-state index contributed by atoms with van der Waals surface area (Å²) in [6.45, 7) is 4.28. The van der Waals surface area contributed by atoms with Crippen molar-refractivity contribution in [1.29, 1.82) is 0 Å². The highest BCUT2D eigenvalue weighted by molar-refractivity contribution is 6.30. The lowest BCUT2D eigenvalue weighted by Crippen LogP contribution is -2.51. The zero-order valence-electron chi connectivity index (χ0n) is 14.1. The standard InChI is InChI=1S/C19H23ClN2O3/c1-12-16(18(23)25-11-13-6-3-2-4-7-13)17(22-19(24)21-12)14-8-5-9-15(20)10-14/h5,8-10,13,16-17H,1-4,6-7,11H2,(H2,21,22,24). The third-order valence-corrected chi connectivity index (χ3v) is 5.15. The predicted octanol–water partition coefficient (Wildman–Crippen LogP) is 3.95. The van der Waals surface area contributed by atoms with Crippen molar-refractivity contribution >= 4 is 23.6 Å². The van der Waals surface area contributed by atoms with Crippen molar-refractivity contribution in [1.82, 2.24) is 10.6 Å². The Labute approximate surface area is 152 Å². The van der Waals surface area contributed by atoms with E-state index in [4.69, 9.17) is 16.3 Å². The first-order valence-corrected chi connectivity index (χ1v) is 9.11. The van der Waals surface area contributed by atoms with E-state index < -0.39 is 12.0 Å². The number of carbonyl (C=O) groups excluding carboxylic acids is 2. The summed E-state index contributed by atoms with van der Waals surface area (Å²) in [4.78, 5) is 24.6. The van der Waals surface area contributed by atoms with Crippen LogP contribution in [0.4, 0.5) is 4.79 Å². The van der Waals surface area contributed by atoms with Crippen LogP contribution in [-0.2, 0) is 9.53 Å². The summed E-state index contributed by atoms with van der Waals surface area (Å²) in [6.07, 6.45) is 5.86. The zero-order valence-corrected chi connectivity index (χ0v) is 14.8. The van der Waals surface area contributed by atoms with Gasteiger partial charge in [-0.15, -0.1) is 0 Å². The summed E-state index contributed by atoms with van der Waals surface area (Å²) in [5, 5.41) is 5.92. The molecule has 1 aromatic rings. The molecule has 1 heterocycles. The maximum atomic E-state index is 12.7. The number of urea groups is 1. The molecular formula is C19H23ClN2O3. The monoisotopic (exact) mass is 362 g/mol. The van der Waals surface area contributed by atoms with Gasteiger partial charge in [-0.1, -0.05) is 49.6 Å². The van der Waals surface area contributed by atoms with Crippen molar-refractivity contribution in [3.63, 3.8) is 0 Å². The molecule has 1 aliphatic carbocycles. The smallest absolute Gasteiger partial charge is 0.319 e. The lowest BCUT2D eigenvalue weighted by atomic mass is 9.88. The van der Waals surface area contributed by atoms with E-state index in [-0.39, 0.29) is 12.0 Å². The van der Waals surface area contributed by atoms with Gasteiger partial charge in [0, 0.05) is 10.7 Å². The van der Waals surface area contributed by atoms with Crippen molar-refractivity contribution in [2.75, 3.05) is 6.61 Å². The first kappa shape index (κ1) is 17.8. The molecule has 2 fully saturated rings. The maximum absolute atomic E-state index is 12.7. The van der Waals surface area contributed by atoms with Crippen LogP contribution in [0.2, 0.25) is 5.02 Å². The molecule has 2 unspecified atom stereocenters. The summed E-state index contributed by atoms with van der Waals surface area (Å²) in [5.41, 5.74) is 1.10. The minimum absolute atomic E-state index is 0.349. The summed E-state index contributed by atoms with van der Waals surface area (Å²) >= 11 is 6.06. The van der Waals surface area contributed by atoms with Crippen LogP contribution < -0.4 is 10.6 Å². The summed E-state index contributed by atoms with van der Waals surface area (Å²) < 4.78 is 5.58. The predicted molar refractivity (Wildman–Crippen MR) is 96.0 cm³/mol. The first-order valence-electron chi connectivity index (χ1n) is 8.73. The molecule has 25 heavy (non-hydrogen) atoms. The second-order valence-corrected chi connectivity index (χ2v) is 7.20. The highest BCUT2D eigenvalue weighted by atomic mass is 35.5. The highest BCUT2D eigenvalue weighted by Crippen LogP contribution is 2.32. The fourth-order valence-electron chi connectivity index (χ4n) is 3.58. The molecule has 134 valence electrons. The van der Waals surface area contributed by atoms with E-state index in [0.29, 0.717) is 23.2 Å². The van der Waals surface area contributed by atoms with Crippen LogP contribution in [0.1, 0.15) is 43.7 Å². The number of benzene rings is 1. The molecule has 0 aromatic heterocycles. The molecule has 1 aromatic carbocycles. The van der Waals surface area contributed by atoms with E-state index in [9.17, 15) is 9.59 Å². The van der Waals surface area contributed by atoms with Crippen LogP contribution in [0, 0.1) is 11.8 Å². The molecule has 2 atom stereocenters. The van der Waals surface area contributed by atoms with Gasteiger partial charge in [0.15, 0.2) is 0 Å². The van der Waals surface area contributed by atoms with Crippen LogP contribution in [0.25, 0.3) is 0 Å². The second-order valence-electron chi connectivity index (χ2n) is 6.77. The number of nitrogens with one attached hydrogen (secondary N) is 2. The number of hydrogen-bond donors (Lipinski definition) is 2. The van der Waals surface area contributed by atoms with Gasteiger partial charge in [0.1, 0.15) is 5.92 Å². The summed E-state index contributed by atoms with van der Waals surface area (Å²) in [5.74, 6) is -0.616. The van der Waals surface area contributed by atoms with Gasteiger partial charge in [-0.3, -0.25) is 4.79 Å². The van der Waals surface area contributed by atoms with Gasteiger partial charge in [0.05, 0.1) is 12.6 Å². The third kappa shape index (κ3) is 4.34. The molecule has 2 aliphatic rings. The fraction of sp³-hybridized carbons (Fsp3) is 0.474. The molecule has 0 bridgehead atoms. The van der Waals surface area contributed by atoms with Gasteiger partial charge in [-0.2, -0.15) is 0 Å². The van der Waals surface area contributed by atoms with Crippen LogP contribution in [0.15, 0.2) is 36.5 Å². The summed E-state index contributed by atoms with van der Waals surface area (Å²) in [7, 11) is 0. The topological polar surface area (TPSA) is 67.4 Å². The Balaban J connectivity index is 1.73. The minimum Gasteiger partial charge on any atom is -0.465 e. The molecule has 2 amide bonds. The molecule has 1 saturated heterocycles. The molecule has 0 spiro atoms. The van der Waals surface area contributed by atoms with E-state index in [1.807, 2.05) is 6.07 Å². The lowest BCUT2D eigenvalue weighted by Gasteiger charge is -2.33. The Morgan fingerprint density at radius 2 is 2.04 bits per heavy atom. The Morgan fingerprint density at radius 1 is 1.28 bits per heavy atom. The van der Waals surface area contributed by atoms with Gasteiger partial charge < -0.3 is 15.4 Å². The Morgan fingerprint density at radius 3 is 2.76 bits per heavy atom. The van der Waals surface area contributed by atoms with Crippen LogP contribution >= 0.6 is 11.6 Å². The maximum Gasteiger partial charge on any atom is 0.319 e. The molecule has 2 N–H and O–H groups in total. The van der Waals surface area contributed by atoms with Crippen molar-refractivity contribution in [3.05, 3.63) is 47.1 Å². The van der Waals surface area contributed by atoms with Gasteiger partial charge in [-0.25, -0.2) is 4.79 Å². The number of carbonyl (C=O) groups is 2. The second kappa shape index (κ2) is 7.91. The molecule has 6 heteroatoms. The number of halogens is 1. The van der Waals surface area contributed by atoms with Crippen LogP contribution in [0.5, 0.6) is 0 Å². The number of esters is 1. The van der Waals surface area contributed by atoms with Crippen molar-refractivity contribution in [2.45, 2.75) is 38.1 Å². The largest absolute Gasteiger partial charge is 0.465 e. The number of ether oxygens (including phenoxy) is 1. The summed E-state index contributed by atoms with van der Waals surface area (Å²) in [6, 6.07) is 6.19. The van der Waals surface area contributed by atoms with Crippen molar-refractivity contribution in [3.8, 4) is 0 Å². The molecule has 1 saturated carbocycles. The van der Waals surface area contributed by atoms with Crippen LogP contribution in [-0.4, -0.2) is 18.6 Å². The van der Waals surface area contributed by atoms with E-state index in [0.717, 1.165) is 18.4 Å². The Bertz CT molecular complexity index is 670. The number of rotatable bonds is 4. The third-order valence-electron chi connectivity index (χ3n) is 4.92. The number of hydrogen-bond acceptors (Lipinski definition) is 3. The average molecular weight is 363 g/mol. The van der Waals surface area contributed by atoms with E-state index >= 15 is 0 Å². The van der Waals surface area contributed by atoms with E-state index in [1.165, 1.54) is 19.3 Å². The lowest BCUT2D eigenvalue weighted by molar-refractivity contribution is -0.150. The first-order chi connectivity index (χ1) is 12.0. The number of amides is 2. The minimum atomic E-state index is -0.681. The van der Waals surface area contributed by atoms with Gasteiger partial charge >= 0.3 is 12.0 Å². The van der Waals surface area contributed by atoms with Crippen LogP contribution in [0.3, 0.4) is 0 Å². The highest BCUT2D eigenvalue weighted by Gasteiger charge is 2.39. The van der Waals surface area contributed by atoms with Gasteiger partial charge in [-0.05, 0) is 36.5 Å². The van der Waals surface area contributed by atoms with Gasteiger partial charge in [0.25, 0.3) is 0 Å². The normalized spacial score (nSPS) is 24.4. The molecule has 5 nitrogen and oxygen atoms in total. The SMILES string of the molecule is C=C1NC(=O)NC(c2cccc(Cl)c2)C1C(=O)OCC1CCCCC1. The molecular weight excluding hydrogens is 340 g/mol.